The predicted molar refractivity (Wildman–Crippen MR) is 54.8 cm³/mol. The third-order valence-electron chi connectivity index (χ3n) is 1.99. The number of unbranched alkanes of at least 4 members (excludes halogenated alkanes) is 1. The summed E-state index contributed by atoms with van der Waals surface area (Å²) in [6.07, 6.45) is 2.99. The molecule has 88 valence electrons. The van der Waals surface area contributed by atoms with E-state index in [0.29, 0.717) is 6.42 Å². The van der Waals surface area contributed by atoms with Crippen LogP contribution < -0.4 is 5.11 Å². The second-order valence-electron chi connectivity index (χ2n) is 2.86. The predicted octanol–water partition coefficient (Wildman–Crippen LogP) is -0.120. The van der Waals surface area contributed by atoms with Crippen LogP contribution in [0.5, 0.6) is 0 Å². The van der Waals surface area contributed by atoms with Gasteiger partial charge in [-0.25, -0.2) is 0 Å². The molecule has 0 aliphatic carbocycles. The highest BCUT2D eigenvalue weighted by Gasteiger charge is 2.43. The molecule has 0 aromatic carbocycles. The summed E-state index contributed by atoms with van der Waals surface area (Å²) in [6, 6.07) is 0. The molecule has 0 fully saturated rings. The molecule has 0 aliphatic rings. The summed E-state index contributed by atoms with van der Waals surface area (Å²) in [5.74, 6) is -1.30. The topological polar surface area (TPSA) is 67.8 Å². The van der Waals surface area contributed by atoms with E-state index in [4.69, 9.17) is 13.3 Å². The molecular formula is C9H17O5Si-. The largest absolute Gasteiger partial charge is 0.545 e. The van der Waals surface area contributed by atoms with Crippen LogP contribution in [0.3, 0.4) is 0 Å². The van der Waals surface area contributed by atoms with Gasteiger partial charge in [-0.05, 0) is 6.42 Å². The molecule has 0 amide bonds. The van der Waals surface area contributed by atoms with E-state index < -0.39 is 14.8 Å². The van der Waals surface area contributed by atoms with Crippen molar-refractivity contribution in [1.82, 2.24) is 0 Å². The van der Waals surface area contributed by atoms with Gasteiger partial charge in [0.2, 0.25) is 0 Å². The van der Waals surface area contributed by atoms with Crippen molar-refractivity contribution >= 4 is 14.8 Å². The van der Waals surface area contributed by atoms with Crippen molar-refractivity contribution in [3.8, 4) is 0 Å². The number of carbonyl (C=O) groups is 1. The average Bonchev–Trinajstić information content (AvgIpc) is 2.24. The van der Waals surface area contributed by atoms with Gasteiger partial charge in [-0.3, -0.25) is 0 Å². The van der Waals surface area contributed by atoms with Crippen molar-refractivity contribution in [2.24, 2.45) is 0 Å². The van der Waals surface area contributed by atoms with Gasteiger partial charge in [-0.15, -0.1) is 0 Å². The highest BCUT2D eigenvalue weighted by atomic mass is 28.4. The van der Waals surface area contributed by atoms with E-state index in [2.05, 4.69) is 0 Å². The van der Waals surface area contributed by atoms with Crippen LogP contribution in [-0.2, 0) is 18.1 Å². The van der Waals surface area contributed by atoms with Crippen molar-refractivity contribution in [2.45, 2.75) is 19.8 Å². The Bertz CT molecular complexity index is 226. The number of carbonyl (C=O) groups excluding carboxylic acids is 1. The molecule has 0 saturated carbocycles. The summed E-state index contributed by atoms with van der Waals surface area (Å²) in [5.41, 5.74) is 0. The van der Waals surface area contributed by atoms with Crippen molar-refractivity contribution in [3.05, 3.63) is 11.3 Å². The summed E-state index contributed by atoms with van der Waals surface area (Å²) < 4.78 is 15.2. The Balaban J connectivity index is 5.09. The molecule has 0 heterocycles. The quantitative estimate of drug-likeness (QED) is 0.453. The number of hydrogen-bond acceptors (Lipinski definition) is 5. The minimum absolute atomic E-state index is 0.0168. The molecule has 6 heteroatoms. The SMILES string of the molecule is CCC/C=C(\C(=O)[O-])[Si](OC)(OC)OC. The zero-order valence-corrected chi connectivity index (χ0v) is 10.5. The smallest absolute Gasteiger partial charge is 0.537 e. The van der Waals surface area contributed by atoms with Gasteiger partial charge >= 0.3 is 8.80 Å². The van der Waals surface area contributed by atoms with Crippen LogP contribution in [0.25, 0.3) is 0 Å². The fraction of sp³-hybridized carbons (Fsp3) is 0.667. The van der Waals surface area contributed by atoms with E-state index in [9.17, 15) is 9.90 Å². The van der Waals surface area contributed by atoms with Crippen molar-refractivity contribution in [3.63, 3.8) is 0 Å². The van der Waals surface area contributed by atoms with E-state index >= 15 is 0 Å². The molecule has 0 radical (unpaired) electrons. The molecule has 0 unspecified atom stereocenters. The third kappa shape index (κ3) is 3.42. The Kier molecular flexibility index (Phi) is 6.42. The highest BCUT2D eigenvalue weighted by molar-refractivity contribution is 6.73. The van der Waals surface area contributed by atoms with Gasteiger partial charge in [-0.1, -0.05) is 19.4 Å². The maximum Gasteiger partial charge on any atom is 0.537 e. The first-order valence-electron chi connectivity index (χ1n) is 4.65. The maximum atomic E-state index is 10.9. The molecule has 0 bridgehead atoms. The van der Waals surface area contributed by atoms with Crippen molar-refractivity contribution in [2.75, 3.05) is 21.3 Å². The Morgan fingerprint density at radius 2 is 1.73 bits per heavy atom. The summed E-state index contributed by atoms with van der Waals surface area (Å²) >= 11 is 0. The van der Waals surface area contributed by atoms with Gasteiger partial charge in [0, 0.05) is 26.5 Å². The van der Waals surface area contributed by atoms with E-state index in [1.165, 1.54) is 27.4 Å². The number of aliphatic carboxylic acids is 1. The van der Waals surface area contributed by atoms with E-state index in [0.717, 1.165) is 6.42 Å². The molecule has 5 nitrogen and oxygen atoms in total. The van der Waals surface area contributed by atoms with Gasteiger partial charge in [0.15, 0.2) is 0 Å². The zero-order chi connectivity index (χ0) is 11.9. The van der Waals surface area contributed by atoms with Crippen molar-refractivity contribution in [1.29, 1.82) is 0 Å². The van der Waals surface area contributed by atoms with Gasteiger partial charge in [0.05, 0.1) is 5.97 Å². The van der Waals surface area contributed by atoms with Gasteiger partial charge < -0.3 is 23.2 Å². The van der Waals surface area contributed by atoms with Crippen LogP contribution in [0.4, 0.5) is 0 Å². The van der Waals surface area contributed by atoms with Crippen LogP contribution >= 0.6 is 0 Å². The summed E-state index contributed by atoms with van der Waals surface area (Å²) in [7, 11) is 0.841. The van der Waals surface area contributed by atoms with Gasteiger partial charge in [-0.2, -0.15) is 0 Å². The minimum atomic E-state index is -3.25. The molecule has 0 aliphatic heterocycles. The lowest BCUT2D eigenvalue weighted by Gasteiger charge is -2.27. The molecule has 0 N–H and O–H groups in total. The molecule has 0 aromatic heterocycles. The molecular weight excluding hydrogens is 216 g/mol. The first-order valence-corrected chi connectivity index (χ1v) is 6.37. The molecule has 15 heavy (non-hydrogen) atoms. The molecule has 0 saturated heterocycles. The summed E-state index contributed by atoms with van der Waals surface area (Å²) in [4.78, 5) is 10.9. The molecule has 0 aromatic rings. The highest BCUT2D eigenvalue weighted by Crippen LogP contribution is 2.18. The van der Waals surface area contributed by atoms with E-state index in [1.54, 1.807) is 0 Å². The Morgan fingerprint density at radius 1 is 1.27 bits per heavy atom. The number of hydrogen-bond donors (Lipinski definition) is 0. The lowest BCUT2D eigenvalue weighted by molar-refractivity contribution is -0.298. The number of allylic oxidation sites excluding steroid dienone is 1. The number of rotatable bonds is 7. The number of carboxylic acids is 1. The molecule has 0 spiro atoms. The van der Waals surface area contributed by atoms with Gasteiger partial charge in [0.25, 0.3) is 0 Å². The Hall–Kier alpha value is -0.693. The maximum absolute atomic E-state index is 10.9. The van der Waals surface area contributed by atoms with E-state index in [1.807, 2.05) is 6.92 Å². The fourth-order valence-corrected chi connectivity index (χ4v) is 3.01. The summed E-state index contributed by atoms with van der Waals surface area (Å²) in [6.45, 7) is 1.94. The lowest BCUT2D eigenvalue weighted by Crippen LogP contribution is -2.51. The first-order chi connectivity index (χ1) is 7.07. The Morgan fingerprint density at radius 3 is 2.00 bits per heavy atom. The second kappa shape index (κ2) is 6.73. The molecule has 0 atom stereocenters. The minimum Gasteiger partial charge on any atom is -0.545 e. The standard InChI is InChI=1S/C9H18O5Si/c1-5-6-7-8(9(10)11)15(12-2,13-3)14-4/h7H,5-6H2,1-4H3,(H,10,11)/p-1/b8-7+. The third-order valence-corrected chi connectivity index (χ3v) is 4.67. The molecule has 0 rings (SSSR count). The van der Waals surface area contributed by atoms with Gasteiger partial charge in [0.1, 0.15) is 0 Å². The fourth-order valence-electron chi connectivity index (χ4n) is 1.20. The number of carboxylic acid groups (broad SMARTS) is 1. The zero-order valence-electron chi connectivity index (χ0n) is 9.53. The van der Waals surface area contributed by atoms with Crippen LogP contribution in [-0.4, -0.2) is 36.1 Å². The normalized spacial score (nSPS) is 12.9. The van der Waals surface area contributed by atoms with Crippen LogP contribution in [0.15, 0.2) is 11.3 Å². The van der Waals surface area contributed by atoms with Crippen LogP contribution in [0.2, 0.25) is 0 Å². The lowest BCUT2D eigenvalue weighted by atomic mass is 10.3. The van der Waals surface area contributed by atoms with E-state index in [-0.39, 0.29) is 5.20 Å². The summed E-state index contributed by atoms with van der Waals surface area (Å²) in [5, 5.41) is 10.9. The van der Waals surface area contributed by atoms with Crippen LogP contribution in [0, 0.1) is 0 Å². The second-order valence-corrected chi connectivity index (χ2v) is 5.74. The van der Waals surface area contributed by atoms with Crippen molar-refractivity contribution < 1.29 is 23.2 Å². The Labute approximate surface area is 91.0 Å². The average molecular weight is 233 g/mol. The van der Waals surface area contributed by atoms with Crippen LogP contribution in [0.1, 0.15) is 19.8 Å². The first kappa shape index (κ1) is 14.3. The monoisotopic (exact) mass is 233 g/mol.